The fourth-order valence-electron chi connectivity index (χ4n) is 4.16. The molecule has 0 amide bonds. The van der Waals surface area contributed by atoms with E-state index in [0.29, 0.717) is 33.8 Å². The van der Waals surface area contributed by atoms with E-state index in [4.69, 9.17) is 24.3 Å². The molecular formula is C34H31BBr2F4O5. The Bertz CT molecular complexity index is 1640. The van der Waals surface area contributed by atoms with Gasteiger partial charge < -0.3 is 24.3 Å². The van der Waals surface area contributed by atoms with Gasteiger partial charge in [0.2, 0.25) is 0 Å². The molecule has 0 aliphatic rings. The zero-order valence-corrected chi connectivity index (χ0v) is 27.4. The molecule has 0 fully saturated rings. The molecule has 5 aromatic rings. The molecule has 0 saturated carbocycles. The minimum atomic E-state index is -1.47. The number of ether oxygens (including phenoxy) is 3. The van der Waals surface area contributed by atoms with Crippen LogP contribution in [0, 0.1) is 23.3 Å². The molecular weight excluding hydrogens is 735 g/mol. The van der Waals surface area contributed by atoms with Crippen molar-refractivity contribution in [2.24, 2.45) is 0 Å². The van der Waals surface area contributed by atoms with Gasteiger partial charge in [0.15, 0.2) is 0 Å². The maximum Gasteiger partial charge on any atom is 0.492 e. The van der Waals surface area contributed by atoms with E-state index in [1.54, 1.807) is 72.8 Å². The van der Waals surface area contributed by atoms with Crippen LogP contribution in [0.1, 0.15) is 7.43 Å². The molecule has 5 nitrogen and oxygen atoms in total. The Hall–Kier alpha value is -3.84. The van der Waals surface area contributed by atoms with Crippen LogP contribution in [0.3, 0.4) is 0 Å². The molecule has 0 spiro atoms. The average Bonchev–Trinajstić information content (AvgIpc) is 3.07. The van der Waals surface area contributed by atoms with Crippen LogP contribution < -0.4 is 19.7 Å². The van der Waals surface area contributed by atoms with Crippen LogP contribution in [0.5, 0.6) is 17.2 Å². The molecule has 46 heavy (non-hydrogen) atoms. The summed E-state index contributed by atoms with van der Waals surface area (Å²) in [6.07, 6.45) is 0. The molecule has 2 N–H and O–H groups in total. The van der Waals surface area contributed by atoms with Crippen LogP contribution in [0.15, 0.2) is 106 Å². The number of benzene rings is 5. The van der Waals surface area contributed by atoms with Gasteiger partial charge in [-0.05, 0) is 74.3 Å². The highest BCUT2D eigenvalue weighted by Gasteiger charge is 2.22. The fourth-order valence-corrected chi connectivity index (χ4v) is 4.81. The summed E-state index contributed by atoms with van der Waals surface area (Å²) in [6.45, 7) is 0. The summed E-state index contributed by atoms with van der Waals surface area (Å²) >= 11 is 5.74. The van der Waals surface area contributed by atoms with Gasteiger partial charge in [0.05, 0.1) is 30.3 Å². The highest BCUT2D eigenvalue weighted by molar-refractivity contribution is 9.13. The summed E-state index contributed by atoms with van der Waals surface area (Å²) in [4.78, 5) is 0. The Morgan fingerprint density at radius 2 is 0.826 bits per heavy atom. The molecule has 0 radical (unpaired) electrons. The summed E-state index contributed by atoms with van der Waals surface area (Å²) in [7, 11) is 3.02. The first kappa shape index (κ1) is 38.3. The molecule has 12 heteroatoms. The van der Waals surface area contributed by atoms with Gasteiger partial charge in [-0.25, -0.2) is 17.6 Å². The second-order valence-corrected chi connectivity index (χ2v) is 10.5. The lowest BCUT2D eigenvalue weighted by Gasteiger charge is -2.17. The van der Waals surface area contributed by atoms with E-state index in [1.165, 1.54) is 21.3 Å². The van der Waals surface area contributed by atoms with E-state index < -0.39 is 30.4 Å². The second kappa shape index (κ2) is 18.3. The monoisotopic (exact) mass is 764 g/mol. The standard InChI is InChI=1S/C20H16F2O2.C7H9BO3.C6H2Br2F2.CH4/c1-23-17-9-5-3-7-13(17)19-15(21)11-12-16(22)20(19)14-8-4-6-10-18(14)24-2;1-11-7-5-3-2-4-6(7)8(9)10;7-5-3(9)1-2-4(10)6(5)8;/h3-12H,1-2H3;2-5,9-10H,1H3;1-2H;1H4. The predicted molar refractivity (Wildman–Crippen MR) is 182 cm³/mol. The first-order valence-corrected chi connectivity index (χ1v) is 14.7. The van der Waals surface area contributed by atoms with Crippen molar-refractivity contribution in [1.29, 1.82) is 0 Å². The molecule has 0 bridgehead atoms. The van der Waals surface area contributed by atoms with Gasteiger partial charge in [0.25, 0.3) is 0 Å². The summed E-state index contributed by atoms with van der Waals surface area (Å²) < 4.78 is 70.2. The number of hydrogen-bond acceptors (Lipinski definition) is 5. The van der Waals surface area contributed by atoms with E-state index in [-0.39, 0.29) is 27.5 Å². The first-order valence-electron chi connectivity index (χ1n) is 13.1. The van der Waals surface area contributed by atoms with E-state index in [0.717, 1.165) is 24.3 Å². The molecule has 5 aromatic carbocycles. The first-order chi connectivity index (χ1) is 21.5. The molecule has 0 heterocycles. The topological polar surface area (TPSA) is 68.2 Å². The van der Waals surface area contributed by atoms with Crippen molar-refractivity contribution in [3.05, 3.63) is 129 Å². The van der Waals surface area contributed by atoms with Crippen molar-refractivity contribution in [1.82, 2.24) is 0 Å². The third-order valence-corrected chi connectivity index (χ3v) is 8.34. The third-order valence-electron chi connectivity index (χ3n) is 6.26. The minimum Gasteiger partial charge on any atom is -0.497 e. The summed E-state index contributed by atoms with van der Waals surface area (Å²) in [5.41, 5.74) is 1.65. The van der Waals surface area contributed by atoms with Gasteiger partial charge in [0, 0.05) is 27.7 Å². The van der Waals surface area contributed by atoms with Crippen molar-refractivity contribution >= 4 is 44.4 Å². The number of methoxy groups -OCH3 is 3. The van der Waals surface area contributed by atoms with Gasteiger partial charge in [-0.1, -0.05) is 62.0 Å². The molecule has 242 valence electrons. The fraction of sp³-hybridized carbons (Fsp3) is 0.118. The Labute approximate surface area is 282 Å². The molecule has 0 aromatic heterocycles. The van der Waals surface area contributed by atoms with Gasteiger partial charge in [-0.15, -0.1) is 0 Å². The Morgan fingerprint density at radius 1 is 0.500 bits per heavy atom. The Kier molecular flexibility index (Phi) is 15.3. The van der Waals surface area contributed by atoms with Crippen molar-refractivity contribution in [3.63, 3.8) is 0 Å². The smallest absolute Gasteiger partial charge is 0.492 e. The number of rotatable bonds is 6. The maximum atomic E-state index is 14.7. The number of para-hydroxylation sites is 3. The number of hydrogen-bond donors (Lipinski definition) is 2. The highest BCUT2D eigenvalue weighted by Crippen LogP contribution is 2.43. The molecule has 0 unspecified atom stereocenters. The lowest BCUT2D eigenvalue weighted by Crippen LogP contribution is -2.30. The highest BCUT2D eigenvalue weighted by atomic mass is 79.9. The van der Waals surface area contributed by atoms with E-state index in [1.807, 2.05) is 0 Å². The molecule has 0 aliphatic carbocycles. The van der Waals surface area contributed by atoms with Crippen molar-refractivity contribution < 1.29 is 41.8 Å². The summed E-state index contributed by atoms with van der Waals surface area (Å²) in [5, 5.41) is 17.6. The minimum absolute atomic E-state index is 0. The lowest BCUT2D eigenvalue weighted by molar-refractivity contribution is 0.403. The molecule has 0 saturated heterocycles. The molecule has 5 rings (SSSR count). The third kappa shape index (κ3) is 9.35. The summed E-state index contributed by atoms with van der Waals surface area (Å²) in [5.74, 6) is -0.580. The zero-order chi connectivity index (χ0) is 33.1. The number of halogens is 6. The van der Waals surface area contributed by atoms with E-state index >= 15 is 0 Å². The van der Waals surface area contributed by atoms with Crippen LogP contribution in [0.25, 0.3) is 22.3 Å². The van der Waals surface area contributed by atoms with Crippen LogP contribution in [-0.4, -0.2) is 38.5 Å². The van der Waals surface area contributed by atoms with Crippen LogP contribution in [-0.2, 0) is 0 Å². The zero-order valence-electron chi connectivity index (χ0n) is 24.2. The molecule has 0 aliphatic heterocycles. The Balaban J connectivity index is 0.000000278. The predicted octanol–water partition coefficient (Wildman–Crippen LogP) is 8.82. The normalized spacial score (nSPS) is 9.89. The van der Waals surface area contributed by atoms with Crippen molar-refractivity contribution in [2.45, 2.75) is 7.43 Å². The quantitative estimate of drug-likeness (QED) is 0.0783. The van der Waals surface area contributed by atoms with Gasteiger partial charge in [0.1, 0.15) is 40.5 Å². The Morgan fingerprint density at radius 3 is 1.17 bits per heavy atom. The van der Waals surface area contributed by atoms with Crippen LogP contribution >= 0.6 is 31.9 Å². The second-order valence-electron chi connectivity index (χ2n) is 8.95. The average molecular weight is 766 g/mol. The van der Waals surface area contributed by atoms with Crippen molar-refractivity contribution in [2.75, 3.05) is 21.3 Å². The molecule has 0 atom stereocenters. The van der Waals surface area contributed by atoms with E-state index in [9.17, 15) is 17.6 Å². The van der Waals surface area contributed by atoms with Gasteiger partial charge >= 0.3 is 7.12 Å². The summed E-state index contributed by atoms with van der Waals surface area (Å²) in [6, 6.07) is 25.0. The van der Waals surface area contributed by atoms with Gasteiger partial charge in [-0.2, -0.15) is 0 Å². The van der Waals surface area contributed by atoms with Crippen molar-refractivity contribution in [3.8, 4) is 39.5 Å². The lowest BCUT2D eigenvalue weighted by atomic mass is 9.80. The SMILES string of the molecule is C.COc1ccccc1-c1c(F)ccc(F)c1-c1ccccc1OC.COc1ccccc1B(O)O.Fc1ccc(F)c(Br)c1Br. The maximum absolute atomic E-state index is 14.7. The largest absolute Gasteiger partial charge is 0.497 e. The van der Waals surface area contributed by atoms with Gasteiger partial charge in [-0.3, -0.25) is 0 Å². The van der Waals surface area contributed by atoms with Crippen LogP contribution in [0.4, 0.5) is 17.6 Å². The van der Waals surface area contributed by atoms with Crippen LogP contribution in [0.2, 0.25) is 0 Å². The van der Waals surface area contributed by atoms with E-state index in [2.05, 4.69) is 31.9 Å².